The third-order valence-electron chi connectivity index (χ3n) is 4.77. The van der Waals surface area contributed by atoms with E-state index in [0.29, 0.717) is 12.5 Å². The summed E-state index contributed by atoms with van der Waals surface area (Å²) >= 11 is 0. The first-order valence-electron chi connectivity index (χ1n) is 8.43. The molecule has 0 aromatic heterocycles. The zero-order chi connectivity index (χ0) is 15.4. The molecule has 22 heavy (non-hydrogen) atoms. The highest BCUT2D eigenvalue weighted by Crippen LogP contribution is 2.32. The van der Waals surface area contributed by atoms with Gasteiger partial charge in [0.15, 0.2) is 0 Å². The molecule has 3 rings (SSSR count). The van der Waals surface area contributed by atoms with E-state index in [1.165, 1.54) is 18.4 Å². The Labute approximate surface area is 132 Å². The van der Waals surface area contributed by atoms with E-state index in [1.54, 1.807) is 0 Å². The number of urea groups is 1. The van der Waals surface area contributed by atoms with Crippen molar-refractivity contribution in [1.29, 1.82) is 0 Å². The van der Waals surface area contributed by atoms with Crippen LogP contribution in [0.2, 0.25) is 0 Å². The first-order chi connectivity index (χ1) is 10.7. The third kappa shape index (κ3) is 4.01. The minimum Gasteiger partial charge on any atom is -0.379 e. The molecule has 1 aromatic carbocycles. The lowest BCUT2D eigenvalue weighted by atomic mass is 10.1. The van der Waals surface area contributed by atoms with Crippen LogP contribution >= 0.6 is 0 Å². The Hall–Kier alpha value is -1.55. The molecular weight excluding hydrogens is 276 g/mol. The molecule has 2 aliphatic rings. The summed E-state index contributed by atoms with van der Waals surface area (Å²) in [6.45, 7) is 4.30. The van der Waals surface area contributed by atoms with Crippen LogP contribution in [0.3, 0.4) is 0 Å². The number of hydrogen-bond donors (Lipinski definition) is 1. The van der Waals surface area contributed by atoms with Crippen molar-refractivity contribution in [3.8, 4) is 0 Å². The van der Waals surface area contributed by atoms with E-state index >= 15 is 0 Å². The molecule has 1 aliphatic heterocycles. The predicted molar refractivity (Wildman–Crippen MR) is 86.8 cm³/mol. The van der Waals surface area contributed by atoms with Crippen LogP contribution in [0.1, 0.15) is 31.7 Å². The van der Waals surface area contributed by atoms with E-state index in [2.05, 4.69) is 24.4 Å². The molecule has 0 spiro atoms. The van der Waals surface area contributed by atoms with E-state index in [0.717, 1.165) is 26.0 Å². The summed E-state index contributed by atoms with van der Waals surface area (Å²) in [7, 11) is 0. The van der Waals surface area contributed by atoms with Crippen LogP contribution in [0.25, 0.3) is 0 Å². The van der Waals surface area contributed by atoms with Crippen molar-refractivity contribution in [3.63, 3.8) is 0 Å². The van der Waals surface area contributed by atoms with Crippen LogP contribution in [0.15, 0.2) is 30.3 Å². The number of benzene rings is 1. The van der Waals surface area contributed by atoms with Crippen LogP contribution in [-0.2, 0) is 11.2 Å². The Morgan fingerprint density at radius 1 is 1.32 bits per heavy atom. The second-order valence-electron chi connectivity index (χ2n) is 6.52. The Morgan fingerprint density at radius 3 is 2.73 bits per heavy atom. The summed E-state index contributed by atoms with van der Waals surface area (Å²) in [5.41, 5.74) is 1.27. The van der Waals surface area contributed by atoms with Crippen LogP contribution < -0.4 is 5.32 Å². The molecule has 1 N–H and O–H groups in total. The number of carbonyl (C=O) groups excluding carboxylic acids is 1. The first-order valence-corrected chi connectivity index (χ1v) is 8.43. The molecule has 2 amide bonds. The molecule has 0 bridgehead atoms. The molecular formula is C18H26N2O2. The van der Waals surface area contributed by atoms with Gasteiger partial charge in [0, 0.05) is 19.2 Å². The van der Waals surface area contributed by atoms with Gasteiger partial charge in [-0.3, -0.25) is 0 Å². The van der Waals surface area contributed by atoms with Crippen molar-refractivity contribution >= 4 is 6.03 Å². The number of carbonyl (C=O) groups is 1. The van der Waals surface area contributed by atoms with Crippen molar-refractivity contribution < 1.29 is 9.53 Å². The molecule has 4 heteroatoms. The predicted octanol–water partition coefficient (Wildman–Crippen LogP) is 2.83. The number of ether oxygens (including phenoxy) is 1. The Bertz CT molecular complexity index is 481. The standard InChI is InChI=1S/C18H26N2O2/c1-14(16-7-8-16)19-18(21)20(17-10-12-22-13-17)11-9-15-5-3-2-4-6-15/h2-6,14,16-17H,7-13H2,1H3,(H,19,21)/t14-,17+/m0/s1. The number of hydrogen-bond acceptors (Lipinski definition) is 2. The highest BCUT2D eigenvalue weighted by atomic mass is 16.5. The lowest BCUT2D eigenvalue weighted by molar-refractivity contribution is 0.145. The monoisotopic (exact) mass is 302 g/mol. The smallest absolute Gasteiger partial charge is 0.317 e. The summed E-state index contributed by atoms with van der Waals surface area (Å²) in [6, 6.07) is 10.9. The molecule has 0 unspecified atom stereocenters. The Balaban J connectivity index is 1.59. The molecule has 0 radical (unpaired) electrons. The van der Waals surface area contributed by atoms with Crippen molar-refractivity contribution in [2.45, 2.75) is 44.7 Å². The van der Waals surface area contributed by atoms with Gasteiger partial charge in [-0.25, -0.2) is 4.79 Å². The van der Waals surface area contributed by atoms with Gasteiger partial charge in [0.05, 0.1) is 12.6 Å². The largest absolute Gasteiger partial charge is 0.379 e. The van der Waals surface area contributed by atoms with E-state index < -0.39 is 0 Å². The second-order valence-corrected chi connectivity index (χ2v) is 6.52. The molecule has 2 atom stereocenters. The van der Waals surface area contributed by atoms with Gasteiger partial charge in [0.1, 0.15) is 0 Å². The minimum absolute atomic E-state index is 0.0748. The fourth-order valence-corrected chi connectivity index (χ4v) is 3.10. The van der Waals surface area contributed by atoms with E-state index in [1.807, 2.05) is 23.1 Å². The fraction of sp³-hybridized carbons (Fsp3) is 0.611. The lowest BCUT2D eigenvalue weighted by Gasteiger charge is -2.30. The first kappa shape index (κ1) is 15.3. The fourth-order valence-electron chi connectivity index (χ4n) is 3.10. The molecule has 120 valence electrons. The summed E-state index contributed by atoms with van der Waals surface area (Å²) in [6.07, 6.45) is 4.33. The van der Waals surface area contributed by atoms with Crippen LogP contribution in [0, 0.1) is 5.92 Å². The van der Waals surface area contributed by atoms with Gasteiger partial charge in [-0.05, 0) is 44.1 Å². The highest BCUT2D eigenvalue weighted by Gasteiger charge is 2.32. The summed E-state index contributed by atoms with van der Waals surface area (Å²) in [5, 5.41) is 3.19. The Morgan fingerprint density at radius 2 is 2.09 bits per heavy atom. The van der Waals surface area contributed by atoms with Gasteiger partial charge in [0.25, 0.3) is 0 Å². The summed E-state index contributed by atoms with van der Waals surface area (Å²) in [5.74, 6) is 0.680. The van der Waals surface area contributed by atoms with Gasteiger partial charge >= 0.3 is 6.03 Å². The van der Waals surface area contributed by atoms with Crippen molar-refractivity contribution in [2.75, 3.05) is 19.8 Å². The lowest BCUT2D eigenvalue weighted by Crippen LogP contribution is -2.50. The van der Waals surface area contributed by atoms with Gasteiger partial charge in [-0.2, -0.15) is 0 Å². The Kier molecular flexibility index (Phi) is 4.98. The maximum Gasteiger partial charge on any atom is 0.317 e. The number of nitrogens with one attached hydrogen (secondary N) is 1. The molecule has 4 nitrogen and oxygen atoms in total. The topological polar surface area (TPSA) is 41.6 Å². The minimum atomic E-state index is 0.0748. The second kappa shape index (κ2) is 7.14. The van der Waals surface area contributed by atoms with Crippen LogP contribution in [0.4, 0.5) is 4.79 Å². The maximum atomic E-state index is 12.7. The summed E-state index contributed by atoms with van der Waals surface area (Å²) < 4.78 is 5.48. The van der Waals surface area contributed by atoms with E-state index in [4.69, 9.17) is 4.74 Å². The molecule has 1 aromatic rings. The zero-order valence-corrected chi connectivity index (χ0v) is 13.3. The average molecular weight is 302 g/mol. The van der Waals surface area contributed by atoms with Gasteiger partial charge < -0.3 is 15.0 Å². The molecule has 1 saturated carbocycles. The van der Waals surface area contributed by atoms with Crippen LogP contribution in [-0.4, -0.2) is 42.8 Å². The SMILES string of the molecule is C[C@H](NC(=O)N(CCc1ccccc1)[C@@H]1CCOC1)C1CC1. The molecule has 1 heterocycles. The maximum absolute atomic E-state index is 12.7. The van der Waals surface area contributed by atoms with Crippen molar-refractivity contribution in [1.82, 2.24) is 10.2 Å². The number of rotatable bonds is 6. The third-order valence-corrected chi connectivity index (χ3v) is 4.77. The normalized spacial score (nSPS) is 22.3. The van der Waals surface area contributed by atoms with E-state index in [9.17, 15) is 4.79 Å². The molecule has 1 aliphatic carbocycles. The van der Waals surface area contributed by atoms with Gasteiger partial charge in [-0.1, -0.05) is 30.3 Å². The summed E-state index contributed by atoms with van der Waals surface area (Å²) in [4.78, 5) is 14.6. The van der Waals surface area contributed by atoms with Gasteiger partial charge in [-0.15, -0.1) is 0 Å². The van der Waals surface area contributed by atoms with E-state index in [-0.39, 0.29) is 18.1 Å². The number of nitrogens with zero attached hydrogens (tertiary/aromatic N) is 1. The van der Waals surface area contributed by atoms with Gasteiger partial charge in [0.2, 0.25) is 0 Å². The van der Waals surface area contributed by atoms with Crippen molar-refractivity contribution in [2.24, 2.45) is 5.92 Å². The van der Waals surface area contributed by atoms with Crippen molar-refractivity contribution in [3.05, 3.63) is 35.9 Å². The highest BCUT2D eigenvalue weighted by molar-refractivity contribution is 5.75. The quantitative estimate of drug-likeness (QED) is 0.878. The molecule has 1 saturated heterocycles. The zero-order valence-electron chi connectivity index (χ0n) is 13.3. The average Bonchev–Trinajstić information content (AvgIpc) is 3.25. The molecule has 2 fully saturated rings. The number of amides is 2. The van der Waals surface area contributed by atoms with Crippen LogP contribution in [0.5, 0.6) is 0 Å².